The molecule has 0 aromatic carbocycles. The summed E-state index contributed by atoms with van der Waals surface area (Å²) in [6.07, 6.45) is 9.30. The van der Waals surface area contributed by atoms with Gasteiger partial charge in [0.05, 0.1) is 18.2 Å². The molecule has 0 amide bonds. The summed E-state index contributed by atoms with van der Waals surface area (Å²) in [4.78, 5) is 12.3. The summed E-state index contributed by atoms with van der Waals surface area (Å²) in [5, 5.41) is 4.60. The van der Waals surface area contributed by atoms with Crippen LogP contribution in [0.5, 0.6) is 0 Å². The summed E-state index contributed by atoms with van der Waals surface area (Å²) in [6, 6.07) is 2.48. The molecule has 3 nitrogen and oxygen atoms in total. The first-order valence-electron chi connectivity index (χ1n) is 8.20. The summed E-state index contributed by atoms with van der Waals surface area (Å²) in [5.74, 6) is 1.48. The Kier molecular flexibility index (Phi) is 5.38. The highest BCUT2D eigenvalue weighted by molar-refractivity contribution is 5.82. The van der Waals surface area contributed by atoms with Crippen LogP contribution in [0.4, 0.5) is 0 Å². The molecule has 0 bridgehead atoms. The van der Waals surface area contributed by atoms with Crippen LogP contribution in [0.3, 0.4) is 0 Å². The smallest absolute Gasteiger partial charge is 0.141 e. The van der Waals surface area contributed by atoms with Gasteiger partial charge in [-0.25, -0.2) is 0 Å². The lowest BCUT2D eigenvalue weighted by Crippen LogP contribution is -2.22. The van der Waals surface area contributed by atoms with Crippen molar-refractivity contribution in [2.24, 2.45) is 11.8 Å². The third-order valence-corrected chi connectivity index (χ3v) is 4.81. The Bertz CT molecular complexity index is 426. The maximum absolute atomic E-state index is 12.3. The molecule has 1 aromatic heterocycles. The Hall–Kier alpha value is -1.12. The van der Waals surface area contributed by atoms with Crippen LogP contribution in [0, 0.1) is 11.8 Å². The first kappa shape index (κ1) is 15.3. The predicted octanol–water partition coefficient (Wildman–Crippen LogP) is 4.18. The normalized spacial score (nSPS) is 23.2. The maximum Gasteiger partial charge on any atom is 0.141 e. The monoisotopic (exact) mass is 276 g/mol. The Morgan fingerprint density at radius 2 is 1.95 bits per heavy atom. The SMILES string of the molecule is CCC(CC)n1ccc(CC(=O)C2CCC(C)CC2)n1. The molecule has 1 saturated carbocycles. The lowest BCUT2D eigenvalue weighted by Gasteiger charge is -2.24. The Labute approximate surface area is 122 Å². The van der Waals surface area contributed by atoms with Crippen LogP contribution < -0.4 is 0 Å². The van der Waals surface area contributed by atoms with Gasteiger partial charge in [-0.15, -0.1) is 0 Å². The van der Waals surface area contributed by atoms with E-state index in [9.17, 15) is 4.79 Å². The third-order valence-electron chi connectivity index (χ3n) is 4.81. The standard InChI is InChI=1S/C17H28N2O/c1-4-16(5-2)19-11-10-15(18-19)12-17(20)14-8-6-13(3)7-9-14/h10-11,13-14,16H,4-9,12H2,1-3H3. The van der Waals surface area contributed by atoms with Crippen molar-refractivity contribution in [3.05, 3.63) is 18.0 Å². The third kappa shape index (κ3) is 3.71. The topological polar surface area (TPSA) is 34.9 Å². The van der Waals surface area contributed by atoms with Gasteiger partial charge in [0, 0.05) is 12.1 Å². The molecule has 1 heterocycles. The second-order valence-corrected chi connectivity index (χ2v) is 6.36. The number of Topliss-reactive ketones (excluding diaryl/α,β-unsaturated/α-hetero) is 1. The fourth-order valence-corrected chi connectivity index (χ4v) is 3.24. The van der Waals surface area contributed by atoms with Gasteiger partial charge in [0.15, 0.2) is 0 Å². The minimum atomic E-state index is 0.282. The fourth-order valence-electron chi connectivity index (χ4n) is 3.24. The van der Waals surface area contributed by atoms with E-state index in [0.29, 0.717) is 18.2 Å². The highest BCUT2D eigenvalue weighted by Crippen LogP contribution is 2.29. The van der Waals surface area contributed by atoms with E-state index >= 15 is 0 Å². The van der Waals surface area contributed by atoms with Crippen LogP contribution >= 0.6 is 0 Å². The molecule has 2 rings (SSSR count). The van der Waals surface area contributed by atoms with E-state index in [2.05, 4.69) is 25.9 Å². The quantitative estimate of drug-likeness (QED) is 0.781. The highest BCUT2D eigenvalue weighted by Gasteiger charge is 2.24. The van der Waals surface area contributed by atoms with Crippen molar-refractivity contribution < 1.29 is 4.79 Å². The van der Waals surface area contributed by atoms with Crippen LogP contribution in [-0.2, 0) is 11.2 Å². The number of rotatable bonds is 6. The molecular formula is C17H28N2O. The summed E-state index contributed by atoms with van der Waals surface area (Å²) < 4.78 is 2.03. The summed E-state index contributed by atoms with van der Waals surface area (Å²) in [7, 11) is 0. The number of carbonyl (C=O) groups excluding carboxylic acids is 1. The maximum atomic E-state index is 12.3. The first-order valence-corrected chi connectivity index (χ1v) is 8.20. The van der Waals surface area contributed by atoms with E-state index in [0.717, 1.165) is 37.3 Å². The average Bonchev–Trinajstić information content (AvgIpc) is 2.89. The van der Waals surface area contributed by atoms with Crippen molar-refractivity contribution in [3.63, 3.8) is 0 Å². The van der Waals surface area contributed by atoms with Crippen molar-refractivity contribution in [3.8, 4) is 0 Å². The second kappa shape index (κ2) is 7.05. The summed E-state index contributed by atoms with van der Waals surface area (Å²) >= 11 is 0. The molecule has 20 heavy (non-hydrogen) atoms. The largest absolute Gasteiger partial charge is 0.299 e. The van der Waals surface area contributed by atoms with Crippen molar-refractivity contribution in [2.45, 2.75) is 71.8 Å². The van der Waals surface area contributed by atoms with Crippen molar-refractivity contribution in [1.29, 1.82) is 0 Å². The number of hydrogen-bond donors (Lipinski definition) is 0. The van der Waals surface area contributed by atoms with Crippen molar-refractivity contribution in [1.82, 2.24) is 9.78 Å². The number of hydrogen-bond acceptors (Lipinski definition) is 2. The van der Waals surface area contributed by atoms with Gasteiger partial charge in [-0.3, -0.25) is 9.48 Å². The van der Waals surface area contributed by atoms with Crippen LogP contribution in [0.15, 0.2) is 12.3 Å². The van der Waals surface area contributed by atoms with Crippen molar-refractivity contribution >= 4 is 5.78 Å². The van der Waals surface area contributed by atoms with Gasteiger partial charge in [0.25, 0.3) is 0 Å². The Balaban J connectivity index is 1.91. The number of nitrogens with zero attached hydrogens (tertiary/aromatic N) is 2. The van der Waals surface area contributed by atoms with Crippen LogP contribution in [-0.4, -0.2) is 15.6 Å². The van der Waals surface area contributed by atoms with Crippen LogP contribution in [0.25, 0.3) is 0 Å². The zero-order valence-corrected chi connectivity index (χ0v) is 13.1. The lowest BCUT2D eigenvalue weighted by molar-refractivity contribution is -0.123. The minimum Gasteiger partial charge on any atom is -0.299 e. The van der Waals surface area contributed by atoms with E-state index < -0.39 is 0 Å². The van der Waals surface area contributed by atoms with Crippen molar-refractivity contribution in [2.75, 3.05) is 0 Å². The molecular weight excluding hydrogens is 248 g/mol. The van der Waals surface area contributed by atoms with E-state index in [1.807, 2.05) is 16.9 Å². The minimum absolute atomic E-state index is 0.282. The lowest BCUT2D eigenvalue weighted by atomic mass is 9.80. The molecule has 3 heteroatoms. The number of ketones is 1. The van der Waals surface area contributed by atoms with Gasteiger partial charge in [0.1, 0.15) is 5.78 Å². The molecule has 0 N–H and O–H groups in total. The molecule has 1 aliphatic rings. The fraction of sp³-hybridized carbons (Fsp3) is 0.765. The van der Waals surface area contributed by atoms with Crippen LogP contribution in [0.1, 0.15) is 71.0 Å². The first-order chi connectivity index (χ1) is 9.63. The van der Waals surface area contributed by atoms with E-state index in [1.165, 1.54) is 12.8 Å². The zero-order chi connectivity index (χ0) is 14.5. The summed E-state index contributed by atoms with van der Waals surface area (Å²) in [5.41, 5.74) is 0.945. The molecule has 0 atom stereocenters. The molecule has 0 unspecified atom stereocenters. The molecule has 0 spiro atoms. The molecule has 112 valence electrons. The zero-order valence-electron chi connectivity index (χ0n) is 13.1. The van der Waals surface area contributed by atoms with Crippen LogP contribution in [0.2, 0.25) is 0 Å². The van der Waals surface area contributed by atoms with Gasteiger partial charge >= 0.3 is 0 Å². The molecule has 0 saturated heterocycles. The number of carbonyl (C=O) groups is 1. The molecule has 0 aliphatic heterocycles. The van der Waals surface area contributed by atoms with Gasteiger partial charge in [-0.2, -0.15) is 5.10 Å². The van der Waals surface area contributed by atoms with E-state index in [1.54, 1.807) is 0 Å². The Morgan fingerprint density at radius 1 is 1.30 bits per heavy atom. The van der Waals surface area contributed by atoms with Gasteiger partial charge in [0.2, 0.25) is 0 Å². The predicted molar refractivity (Wildman–Crippen MR) is 81.7 cm³/mol. The Morgan fingerprint density at radius 3 is 2.55 bits per heavy atom. The van der Waals surface area contributed by atoms with Gasteiger partial charge in [-0.05, 0) is 37.7 Å². The molecule has 1 aliphatic carbocycles. The molecule has 1 fully saturated rings. The highest BCUT2D eigenvalue weighted by atomic mass is 16.1. The second-order valence-electron chi connectivity index (χ2n) is 6.36. The molecule has 0 radical (unpaired) electrons. The van der Waals surface area contributed by atoms with E-state index in [-0.39, 0.29) is 5.92 Å². The van der Waals surface area contributed by atoms with Gasteiger partial charge < -0.3 is 0 Å². The van der Waals surface area contributed by atoms with Gasteiger partial charge in [-0.1, -0.05) is 33.6 Å². The molecule has 1 aromatic rings. The van der Waals surface area contributed by atoms with E-state index in [4.69, 9.17) is 0 Å². The number of aromatic nitrogens is 2. The summed E-state index contributed by atoms with van der Waals surface area (Å²) in [6.45, 7) is 6.66. The average molecular weight is 276 g/mol.